The summed E-state index contributed by atoms with van der Waals surface area (Å²) in [4.78, 5) is 0. The summed E-state index contributed by atoms with van der Waals surface area (Å²) in [6, 6.07) is 32.3. The normalized spacial score (nSPS) is 12.3. The van der Waals surface area contributed by atoms with Gasteiger partial charge in [-0.25, -0.2) is 0 Å². The zero-order chi connectivity index (χ0) is 16.5. The number of benzene rings is 3. The average molecular weight is 427 g/mol. The molecule has 1 aliphatic rings. The molecule has 1 saturated carbocycles. The Labute approximate surface area is 175 Å². The molecule has 1 fully saturated rings. The molecule has 3 aromatic carbocycles. The second-order valence-corrected chi connectivity index (χ2v) is 8.33. The molecular formula is C23H25ClNiP-. The van der Waals surface area contributed by atoms with Crippen LogP contribution in [0, 0.1) is 0 Å². The molecule has 0 radical (unpaired) electrons. The largest absolute Gasteiger partial charge is 1.00 e. The SMILES string of the molecule is C1CCCC1.[Cl-].[Ni].c1ccc(P(c2ccccc2)c2ccccc2)cc1. The van der Waals surface area contributed by atoms with E-state index in [0.29, 0.717) is 0 Å². The topological polar surface area (TPSA) is 0 Å². The van der Waals surface area contributed by atoms with E-state index in [1.54, 1.807) is 0 Å². The summed E-state index contributed by atoms with van der Waals surface area (Å²) in [7, 11) is -0.446. The van der Waals surface area contributed by atoms with Crippen molar-refractivity contribution in [1.82, 2.24) is 0 Å². The van der Waals surface area contributed by atoms with Gasteiger partial charge in [-0.2, -0.15) is 0 Å². The first-order valence-electron chi connectivity index (χ1n) is 8.90. The smallest absolute Gasteiger partial charge is 0 e. The molecule has 3 heteroatoms. The van der Waals surface area contributed by atoms with E-state index in [0.717, 1.165) is 0 Å². The van der Waals surface area contributed by atoms with Gasteiger partial charge in [0.15, 0.2) is 0 Å². The van der Waals surface area contributed by atoms with Gasteiger partial charge in [0.05, 0.1) is 0 Å². The van der Waals surface area contributed by atoms with Crippen LogP contribution in [0.2, 0.25) is 0 Å². The fraction of sp³-hybridized carbons (Fsp3) is 0.217. The van der Waals surface area contributed by atoms with Crippen LogP contribution in [0.5, 0.6) is 0 Å². The predicted octanol–water partition coefficient (Wildman–Crippen LogP) is 2.40. The Morgan fingerprint density at radius 2 is 0.654 bits per heavy atom. The van der Waals surface area contributed by atoms with Gasteiger partial charge < -0.3 is 12.4 Å². The van der Waals surface area contributed by atoms with Crippen molar-refractivity contribution in [3.8, 4) is 0 Å². The van der Waals surface area contributed by atoms with Crippen LogP contribution in [0.1, 0.15) is 32.1 Å². The summed E-state index contributed by atoms with van der Waals surface area (Å²) in [5, 5.41) is 4.19. The third-order valence-corrected chi connectivity index (χ3v) is 6.74. The molecule has 1 aliphatic carbocycles. The van der Waals surface area contributed by atoms with Crippen molar-refractivity contribution in [3.05, 3.63) is 91.0 Å². The molecule has 0 bridgehead atoms. The molecule has 0 aliphatic heterocycles. The molecule has 0 unspecified atom stereocenters. The third-order valence-electron chi connectivity index (χ3n) is 4.29. The van der Waals surface area contributed by atoms with Crippen LogP contribution in [0.3, 0.4) is 0 Å². The maximum absolute atomic E-state index is 2.23. The van der Waals surface area contributed by atoms with E-state index in [2.05, 4.69) is 91.0 Å². The Kier molecular flexibility index (Phi) is 11.5. The van der Waals surface area contributed by atoms with Gasteiger partial charge in [0.25, 0.3) is 0 Å². The maximum Gasteiger partial charge on any atom is 0 e. The van der Waals surface area contributed by atoms with Crippen LogP contribution in [-0.4, -0.2) is 0 Å². The van der Waals surface area contributed by atoms with Crippen LogP contribution in [0.15, 0.2) is 91.0 Å². The van der Waals surface area contributed by atoms with E-state index >= 15 is 0 Å². The van der Waals surface area contributed by atoms with Gasteiger partial charge in [0.1, 0.15) is 0 Å². The van der Waals surface area contributed by atoms with Crippen molar-refractivity contribution in [1.29, 1.82) is 0 Å². The number of rotatable bonds is 3. The van der Waals surface area contributed by atoms with Gasteiger partial charge in [0, 0.05) is 16.5 Å². The molecule has 0 N–H and O–H groups in total. The summed E-state index contributed by atoms with van der Waals surface area (Å²) >= 11 is 0. The second-order valence-electron chi connectivity index (χ2n) is 6.11. The molecule has 0 aromatic heterocycles. The minimum Gasteiger partial charge on any atom is -1.00 e. The van der Waals surface area contributed by atoms with Crippen molar-refractivity contribution in [2.45, 2.75) is 32.1 Å². The van der Waals surface area contributed by atoms with Crippen LogP contribution >= 0.6 is 7.92 Å². The van der Waals surface area contributed by atoms with Crippen LogP contribution < -0.4 is 28.3 Å². The quantitative estimate of drug-likeness (QED) is 0.446. The van der Waals surface area contributed by atoms with E-state index in [1.807, 2.05) is 0 Å². The van der Waals surface area contributed by atoms with Gasteiger partial charge in [-0.1, -0.05) is 123 Å². The van der Waals surface area contributed by atoms with Crippen molar-refractivity contribution >= 4 is 23.8 Å². The standard InChI is InChI=1S/C18H15P.C5H10.ClH.Ni/c1-4-10-16(11-5-1)19(17-12-6-2-7-13-17)18-14-8-3-9-15-18;1-2-4-5-3-1;;/h1-15H;1-5H2;1H;/p-1. The number of halogens is 1. The summed E-state index contributed by atoms with van der Waals surface area (Å²) < 4.78 is 0. The van der Waals surface area contributed by atoms with Gasteiger partial charge >= 0.3 is 0 Å². The Bertz CT molecular complexity index is 599. The zero-order valence-electron chi connectivity index (χ0n) is 14.8. The van der Waals surface area contributed by atoms with Gasteiger partial charge in [-0.3, -0.25) is 0 Å². The monoisotopic (exact) mass is 425 g/mol. The first kappa shape index (κ1) is 22.9. The Balaban J connectivity index is 0.000000421. The summed E-state index contributed by atoms with van der Waals surface area (Å²) in [6.45, 7) is 0. The molecule has 26 heavy (non-hydrogen) atoms. The van der Waals surface area contributed by atoms with E-state index in [4.69, 9.17) is 0 Å². The summed E-state index contributed by atoms with van der Waals surface area (Å²) in [5.74, 6) is 0. The molecule has 0 heterocycles. The Morgan fingerprint density at radius 1 is 0.423 bits per heavy atom. The molecule has 0 nitrogen and oxygen atoms in total. The first-order valence-corrected chi connectivity index (χ1v) is 10.2. The van der Waals surface area contributed by atoms with Crippen molar-refractivity contribution in [2.24, 2.45) is 0 Å². The Morgan fingerprint density at radius 3 is 0.885 bits per heavy atom. The van der Waals surface area contributed by atoms with Gasteiger partial charge in [-0.15, -0.1) is 0 Å². The molecule has 0 atom stereocenters. The fourth-order valence-corrected chi connectivity index (χ4v) is 5.37. The van der Waals surface area contributed by atoms with Crippen LogP contribution in [0.4, 0.5) is 0 Å². The molecule has 140 valence electrons. The second kappa shape index (κ2) is 13.1. The van der Waals surface area contributed by atoms with E-state index in [1.165, 1.54) is 48.0 Å². The van der Waals surface area contributed by atoms with Crippen molar-refractivity contribution < 1.29 is 28.9 Å². The van der Waals surface area contributed by atoms with E-state index < -0.39 is 7.92 Å². The molecule has 0 amide bonds. The average Bonchev–Trinajstić information content (AvgIpc) is 3.25. The molecule has 4 rings (SSSR count). The number of hydrogen-bond acceptors (Lipinski definition) is 0. The first-order chi connectivity index (χ1) is 11.9. The minimum absolute atomic E-state index is 0. The molecular weight excluding hydrogens is 401 g/mol. The molecule has 0 spiro atoms. The third kappa shape index (κ3) is 6.88. The van der Waals surface area contributed by atoms with Crippen LogP contribution in [0.25, 0.3) is 0 Å². The van der Waals surface area contributed by atoms with Crippen LogP contribution in [-0.2, 0) is 16.5 Å². The minimum atomic E-state index is -0.446. The maximum atomic E-state index is 2.23. The fourth-order valence-electron chi connectivity index (χ4n) is 3.06. The van der Waals surface area contributed by atoms with E-state index in [9.17, 15) is 0 Å². The van der Waals surface area contributed by atoms with E-state index in [-0.39, 0.29) is 28.9 Å². The summed E-state index contributed by atoms with van der Waals surface area (Å²) in [5.41, 5.74) is 0. The Hall–Kier alpha value is -1.13. The van der Waals surface area contributed by atoms with Crippen molar-refractivity contribution in [3.63, 3.8) is 0 Å². The molecule has 3 aromatic rings. The van der Waals surface area contributed by atoms with Gasteiger partial charge in [0.2, 0.25) is 0 Å². The van der Waals surface area contributed by atoms with Crippen molar-refractivity contribution in [2.75, 3.05) is 0 Å². The summed E-state index contributed by atoms with van der Waals surface area (Å²) in [6.07, 6.45) is 7.50. The number of hydrogen-bond donors (Lipinski definition) is 0. The molecule has 0 saturated heterocycles. The zero-order valence-corrected chi connectivity index (χ0v) is 17.5. The predicted molar refractivity (Wildman–Crippen MR) is 108 cm³/mol. The van der Waals surface area contributed by atoms with Gasteiger partial charge in [-0.05, 0) is 23.8 Å².